The number of alkyl carbamates (subject to hydrolysis) is 1. The second kappa shape index (κ2) is 13.6. The van der Waals surface area contributed by atoms with Crippen molar-refractivity contribution in [1.82, 2.24) is 15.8 Å². The molecule has 182 valence electrons. The number of primary amides is 1. The molecule has 4 amide bonds. The van der Waals surface area contributed by atoms with Crippen LogP contribution >= 0.6 is 11.6 Å². The second-order valence-electron chi connectivity index (χ2n) is 7.98. The van der Waals surface area contributed by atoms with E-state index in [2.05, 4.69) is 10.7 Å². The van der Waals surface area contributed by atoms with E-state index in [1.54, 1.807) is 12.1 Å². The zero-order valence-electron chi connectivity index (χ0n) is 18.3. The van der Waals surface area contributed by atoms with Gasteiger partial charge in [-0.05, 0) is 17.9 Å². The number of nitrogens with zero attached hydrogens (tertiary/aromatic N) is 1. The van der Waals surface area contributed by atoms with Crippen molar-refractivity contribution in [2.24, 2.45) is 11.7 Å². The number of halogens is 2. The van der Waals surface area contributed by atoms with Gasteiger partial charge in [0.25, 0.3) is 17.4 Å². The van der Waals surface area contributed by atoms with Crippen LogP contribution in [0.1, 0.15) is 50.5 Å². The van der Waals surface area contributed by atoms with E-state index in [0.29, 0.717) is 11.4 Å². The molecule has 33 heavy (non-hydrogen) atoms. The molecule has 0 heterocycles. The van der Waals surface area contributed by atoms with Crippen LogP contribution in [-0.4, -0.2) is 47.0 Å². The van der Waals surface area contributed by atoms with Crippen molar-refractivity contribution in [3.8, 4) is 0 Å². The maximum absolute atomic E-state index is 13.4. The molecule has 9 nitrogen and oxygen atoms in total. The molecule has 0 aromatic heterocycles. The lowest BCUT2D eigenvalue weighted by Crippen LogP contribution is -2.56. The molecule has 1 aromatic rings. The first kappa shape index (κ1) is 26.4. The third-order valence-corrected chi connectivity index (χ3v) is 5.58. The lowest BCUT2D eigenvalue weighted by molar-refractivity contribution is -0.144. The molecule has 0 spiro atoms. The maximum Gasteiger partial charge on any atom is 0.408 e. The number of nitrogens with two attached hydrogens (primary N) is 1. The standard InChI is InChI=1S/C22H30ClFN4O5/c23-19(24)21(31)28(12-11-18(25)29)27-20(30)17(13-15-7-3-1-4-8-15)26-22(32)33-14-16-9-5-2-6-10-16/h2,5-6,9-10,15,17,19H,1,3-4,7-8,11-14H2,(H2,25,29)(H,26,32)(H,27,30)/t17-,19+/m1/s1. The quantitative estimate of drug-likeness (QED) is 0.347. The van der Waals surface area contributed by atoms with Gasteiger partial charge in [0.2, 0.25) is 5.91 Å². The molecule has 0 bridgehead atoms. The molecular weight excluding hydrogens is 455 g/mol. The van der Waals surface area contributed by atoms with Gasteiger partial charge in [0.1, 0.15) is 12.6 Å². The number of amides is 4. The molecule has 0 aliphatic heterocycles. The predicted octanol–water partition coefficient (Wildman–Crippen LogP) is 2.52. The summed E-state index contributed by atoms with van der Waals surface area (Å²) in [7, 11) is 0. The highest BCUT2D eigenvalue weighted by atomic mass is 35.5. The maximum atomic E-state index is 13.4. The zero-order valence-corrected chi connectivity index (χ0v) is 19.1. The highest BCUT2D eigenvalue weighted by Gasteiger charge is 2.30. The van der Waals surface area contributed by atoms with Gasteiger partial charge in [-0.1, -0.05) is 74.0 Å². The molecule has 11 heteroatoms. The SMILES string of the molecule is NC(=O)CCN(NC(=O)[C@@H](CC1CCCCC1)NC(=O)OCc1ccccc1)C(=O)[C@H](F)Cl. The van der Waals surface area contributed by atoms with E-state index < -0.39 is 35.5 Å². The smallest absolute Gasteiger partial charge is 0.408 e. The summed E-state index contributed by atoms with van der Waals surface area (Å²) in [6, 6.07) is 8.00. The van der Waals surface area contributed by atoms with Crippen LogP contribution in [0.2, 0.25) is 0 Å². The Hall–Kier alpha value is -2.88. The van der Waals surface area contributed by atoms with Crippen LogP contribution in [0.3, 0.4) is 0 Å². The highest BCUT2D eigenvalue weighted by molar-refractivity contribution is 6.29. The van der Waals surface area contributed by atoms with E-state index in [1.807, 2.05) is 18.2 Å². The van der Waals surface area contributed by atoms with E-state index >= 15 is 0 Å². The van der Waals surface area contributed by atoms with Gasteiger partial charge in [0.15, 0.2) is 0 Å². The van der Waals surface area contributed by atoms with Gasteiger partial charge in [0, 0.05) is 6.42 Å². The Bertz CT molecular complexity index is 805. The predicted molar refractivity (Wildman–Crippen MR) is 119 cm³/mol. The van der Waals surface area contributed by atoms with Crippen molar-refractivity contribution in [3.05, 3.63) is 35.9 Å². The van der Waals surface area contributed by atoms with Crippen LogP contribution in [0.15, 0.2) is 30.3 Å². The summed E-state index contributed by atoms with van der Waals surface area (Å²) in [5.41, 5.74) is 5.71. The Morgan fingerprint density at radius 1 is 1.15 bits per heavy atom. The topological polar surface area (TPSA) is 131 Å². The number of nitrogens with one attached hydrogen (secondary N) is 2. The van der Waals surface area contributed by atoms with E-state index in [1.165, 1.54) is 0 Å². The normalized spacial score (nSPS) is 15.7. The Morgan fingerprint density at radius 2 is 1.82 bits per heavy atom. The summed E-state index contributed by atoms with van der Waals surface area (Å²) in [6.07, 6.45) is 4.19. The first-order valence-electron chi connectivity index (χ1n) is 10.9. The summed E-state index contributed by atoms with van der Waals surface area (Å²) >= 11 is 5.23. The van der Waals surface area contributed by atoms with Gasteiger partial charge >= 0.3 is 6.09 Å². The minimum absolute atomic E-state index is 0.0173. The fraction of sp³-hybridized carbons (Fsp3) is 0.545. The lowest BCUT2D eigenvalue weighted by atomic mass is 9.84. The average molecular weight is 485 g/mol. The zero-order chi connectivity index (χ0) is 24.2. The largest absolute Gasteiger partial charge is 0.445 e. The van der Waals surface area contributed by atoms with Crippen molar-refractivity contribution in [2.45, 2.75) is 63.2 Å². The number of rotatable bonds is 10. The van der Waals surface area contributed by atoms with E-state index in [0.717, 1.165) is 37.7 Å². The third kappa shape index (κ3) is 9.65. The van der Waals surface area contributed by atoms with Crippen LogP contribution in [0.5, 0.6) is 0 Å². The monoisotopic (exact) mass is 484 g/mol. The van der Waals surface area contributed by atoms with Crippen molar-refractivity contribution < 1.29 is 28.3 Å². The van der Waals surface area contributed by atoms with E-state index in [4.69, 9.17) is 22.1 Å². The minimum Gasteiger partial charge on any atom is -0.445 e. The average Bonchev–Trinajstić information content (AvgIpc) is 2.80. The van der Waals surface area contributed by atoms with Gasteiger partial charge in [0.05, 0.1) is 6.54 Å². The third-order valence-electron chi connectivity index (χ3n) is 5.39. The molecular formula is C22H30ClFN4O5. The van der Waals surface area contributed by atoms with Crippen molar-refractivity contribution in [2.75, 3.05) is 6.54 Å². The molecule has 1 fully saturated rings. The van der Waals surface area contributed by atoms with Crippen LogP contribution in [0, 0.1) is 5.92 Å². The van der Waals surface area contributed by atoms with E-state index in [9.17, 15) is 23.6 Å². The van der Waals surface area contributed by atoms with Crippen LogP contribution < -0.4 is 16.5 Å². The first-order valence-corrected chi connectivity index (χ1v) is 11.4. The van der Waals surface area contributed by atoms with Gasteiger partial charge in [-0.2, -0.15) is 0 Å². The molecule has 2 atom stereocenters. The van der Waals surface area contributed by atoms with Crippen molar-refractivity contribution in [1.29, 1.82) is 0 Å². The van der Waals surface area contributed by atoms with Gasteiger partial charge in [-0.3, -0.25) is 19.8 Å². The molecule has 1 aliphatic carbocycles. The lowest BCUT2D eigenvalue weighted by Gasteiger charge is -2.29. The van der Waals surface area contributed by atoms with Crippen molar-refractivity contribution in [3.63, 3.8) is 0 Å². The van der Waals surface area contributed by atoms with Gasteiger partial charge in [-0.25, -0.2) is 14.2 Å². The Balaban J connectivity index is 2.05. The summed E-state index contributed by atoms with van der Waals surface area (Å²) in [6.45, 7) is -0.342. The molecule has 2 rings (SSSR count). The van der Waals surface area contributed by atoms with Crippen LogP contribution in [0.4, 0.5) is 9.18 Å². The molecule has 0 saturated heterocycles. The van der Waals surface area contributed by atoms with E-state index in [-0.39, 0.29) is 25.5 Å². The molecule has 1 saturated carbocycles. The molecule has 0 unspecified atom stereocenters. The number of hydrogen-bond donors (Lipinski definition) is 3. The first-order chi connectivity index (χ1) is 15.8. The molecule has 1 aliphatic rings. The molecule has 4 N–H and O–H groups in total. The highest BCUT2D eigenvalue weighted by Crippen LogP contribution is 2.27. The Morgan fingerprint density at radius 3 is 2.42 bits per heavy atom. The molecule has 0 radical (unpaired) electrons. The van der Waals surface area contributed by atoms with Crippen LogP contribution in [-0.2, 0) is 25.7 Å². The number of carbonyl (C=O) groups is 4. The Kier molecular flexibility index (Phi) is 10.9. The van der Waals surface area contributed by atoms with Crippen LogP contribution in [0.25, 0.3) is 0 Å². The number of carbonyl (C=O) groups excluding carboxylic acids is 4. The minimum atomic E-state index is -2.42. The van der Waals surface area contributed by atoms with Crippen molar-refractivity contribution >= 4 is 35.4 Å². The number of hydrazine groups is 1. The fourth-order valence-electron chi connectivity index (χ4n) is 3.67. The second-order valence-corrected chi connectivity index (χ2v) is 8.36. The number of hydrogen-bond acceptors (Lipinski definition) is 5. The molecule has 1 aromatic carbocycles. The summed E-state index contributed by atoms with van der Waals surface area (Å²) in [5, 5.41) is 3.15. The Labute approximate surface area is 197 Å². The number of alkyl halides is 2. The van der Waals surface area contributed by atoms with Gasteiger partial charge in [-0.15, -0.1) is 0 Å². The number of benzene rings is 1. The summed E-state index contributed by atoms with van der Waals surface area (Å²) < 4.78 is 18.6. The summed E-state index contributed by atoms with van der Waals surface area (Å²) in [4.78, 5) is 48.4. The summed E-state index contributed by atoms with van der Waals surface area (Å²) in [5.74, 6) is -2.53. The van der Waals surface area contributed by atoms with Gasteiger partial charge < -0.3 is 15.8 Å². The fourth-order valence-corrected chi connectivity index (χ4v) is 3.78. The number of ether oxygens (including phenoxy) is 1.